The van der Waals surface area contributed by atoms with Crippen LogP contribution < -0.4 is 9.47 Å². The maximum absolute atomic E-state index is 5.62. The molecule has 0 amide bonds. The predicted molar refractivity (Wildman–Crippen MR) is 78.0 cm³/mol. The number of amidine groups is 1. The summed E-state index contributed by atoms with van der Waals surface area (Å²) in [6, 6.07) is 4.26. The number of hydrogen-bond donors (Lipinski definition) is 0. The van der Waals surface area contributed by atoms with Crippen LogP contribution in [0.3, 0.4) is 0 Å². The standard InChI is InChI=1S/C16H20N2O2/c1-19-13-6-5-11-12(15(13)20-2)4-3-10-9-18-8-7-17-16(18)14(10)11/h5-6,10,14H,3-4,7-9H2,1-2H3/t10-,14+/m1/s1. The number of nitrogens with zero attached hydrogens (tertiary/aromatic N) is 2. The monoisotopic (exact) mass is 272 g/mol. The first kappa shape index (κ1) is 12.1. The van der Waals surface area contributed by atoms with Crippen molar-refractivity contribution in [1.82, 2.24) is 4.90 Å². The molecular formula is C16H20N2O2. The third kappa shape index (κ3) is 1.51. The minimum absolute atomic E-state index is 0.473. The number of ether oxygens (including phenoxy) is 2. The first-order valence-electron chi connectivity index (χ1n) is 7.36. The third-order valence-corrected chi connectivity index (χ3v) is 4.96. The van der Waals surface area contributed by atoms with Crippen LogP contribution in [0.5, 0.6) is 11.5 Å². The zero-order chi connectivity index (χ0) is 13.7. The lowest BCUT2D eigenvalue weighted by molar-refractivity contribution is 0.341. The lowest BCUT2D eigenvalue weighted by Gasteiger charge is -2.29. The molecule has 0 bridgehead atoms. The Morgan fingerprint density at radius 2 is 2.15 bits per heavy atom. The van der Waals surface area contributed by atoms with Gasteiger partial charge in [-0.25, -0.2) is 0 Å². The fourth-order valence-electron chi connectivity index (χ4n) is 4.12. The van der Waals surface area contributed by atoms with Gasteiger partial charge in [-0.05, 0) is 30.4 Å². The van der Waals surface area contributed by atoms with Gasteiger partial charge in [-0.1, -0.05) is 6.07 Å². The predicted octanol–water partition coefficient (Wildman–Crippen LogP) is 2.08. The molecule has 3 aliphatic rings. The molecule has 20 heavy (non-hydrogen) atoms. The van der Waals surface area contributed by atoms with Crippen molar-refractivity contribution in [1.29, 1.82) is 0 Å². The van der Waals surface area contributed by atoms with Crippen LogP contribution in [0.15, 0.2) is 17.1 Å². The molecule has 1 fully saturated rings. The largest absolute Gasteiger partial charge is 0.493 e. The van der Waals surface area contributed by atoms with Gasteiger partial charge in [0.15, 0.2) is 11.5 Å². The molecule has 106 valence electrons. The highest BCUT2D eigenvalue weighted by Gasteiger charge is 2.44. The summed E-state index contributed by atoms with van der Waals surface area (Å²) in [6.07, 6.45) is 2.30. The third-order valence-electron chi connectivity index (χ3n) is 4.96. The number of hydrogen-bond acceptors (Lipinski definition) is 4. The molecule has 1 saturated heterocycles. The molecule has 4 rings (SSSR count). The minimum atomic E-state index is 0.473. The molecular weight excluding hydrogens is 252 g/mol. The Bertz CT molecular complexity index is 582. The van der Waals surface area contributed by atoms with Crippen LogP contribution in [0.1, 0.15) is 23.5 Å². The van der Waals surface area contributed by atoms with Crippen LogP contribution in [-0.2, 0) is 6.42 Å². The van der Waals surface area contributed by atoms with Crippen molar-refractivity contribution in [3.63, 3.8) is 0 Å². The van der Waals surface area contributed by atoms with Crippen molar-refractivity contribution < 1.29 is 9.47 Å². The molecule has 4 nitrogen and oxygen atoms in total. The second-order valence-electron chi connectivity index (χ2n) is 5.83. The number of fused-ring (bicyclic) bond motifs is 5. The molecule has 1 aromatic rings. The second kappa shape index (κ2) is 4.40. The molecule has 2 heterocycles. The molecule has 0 unspecified atom stereocenters. The smallest absolute Gasteiger partial charge is 0.164 e. The Hall–Kier alpha value is -1.71. The van der Waals surface area contributed by atoms with Gasteiger partial charge in [0, 0.05) is 24.6 Å². The average molecular weight is 272 g/mol. The molecule has 0 radical (unpaired) electrons. The highest BCUT2D eigenvalue weighted by atomic mass is 16.5. The van der Waals surface area contributed by atoms with E-state index in [9.17, 15) is 0 Å². The fourth-order valence-corrected chi connectivity index (χ4v) is 4.12. The Morgan fingerprint density at radius 1 is 1.25 bits per heavy atom. The summed E-state index contributed by atoms with van der Waals surface area (Å²) in [7, 11) is 3.44. The summed E-state index contributed by atoms with van der Waals surface area (Å²) in [6.45, 7) is 3.24. The SMILES string of the molecule is COc1ccc2c(c1OC)CC[C@@H]1CN3CCN=C3[C@H]21. The van der Waals surface area contributed by atoms with Gasteiger partial charge >= 0.3 is 0 Å². The summed E-state index contributed by atoms with van der Waals surface area (Å²) in [4.78, 5) is 7.22. The Balaban J connectivity index is 1.84. The second-order valence-corrected chi connectivity index (χ2v) is 5.83. The summed E-state index contributed by atoms with van der Waals surface area (Å²) < 4.78 is 11.1. The summed E-state index contributed by atoms with van der Waals surface area (Å²) in [5.41, 5.74) is 2.73. The molecule has 0 saturated carbocycles. The molecule has 0 spiro atoms. The molecule has 1 aliphatic carbocycles. The molecule has 1 aromatic carbocycles. The van der Waals surface area contributed by atoms with Crippen LogP contribution in [0.25, 0.3) is 0 Å². The number of methoxy groups -OCH3 is 2. The van der Waals surface area contributed by atoms with E-state index in [0.29, 0.717) is 5.92 Å². The van der Waals surface area contributed by atoms with Crippen molar-refractivity contribution >= 4 is 5.84 Å². The maximum atomic E-state index is 5.62. The van der Waals surface area contributed by atoms with E-state index in [-0.39, 0.29) is 0 Å². The highest BCUT2D eigenvalue weighted by molar-refractivity contribution is 5.93. The fraction of sp³-hybridized carbons (Fsp3) is 0.562. The van der Waals surface area contributed by atoms with Crippen molar-refractivity contribution in [2.24, 2.45) is 10.9 Å². The zero-order valence-electron chi connectivity index (χ0n) is 12.1. The molecule has 0 N–H and O–H groups in total. The number of rotatable bonds is 2. The van der Waals surface area contributed by atoms with E-state index in [1.807, 2.05) is 6.07 Å². The Labute approximate surface area is 119 Å². The van der Waals surface area contributed by atoms with Crippen molar-refractivity contribution in [3.8, 4) is 11.5 Å². The Kier molecular flexibility index (Phi) is 2.65. The molecule has 2 atom stereocenters. The van der Waals surface area contributed by atoms with E-state index in [4.69, 9.17) is 14.5 Å². The van der Waals surface area contributed by atoms with E-state index in [0.717, 1.165) is 36.9 Å². The van der Waals surface area contributed by atoms with Gasteiger partial charge in [0.1, 0.15) is 5.84 Å². The van der Waals surface area contributed by atoms with Gasteiger partial charge < -0.3 is 14.4 Å². The maximum Gasteiger partial charge on any atom is 0.164 e. The van der Waals surface area contributed by atoms with Crippen LogP contribution in [0.4, 0.5) is 0 Å². The van der Waals surface area contributed by atoms with E-state index < -0.39 is 0 Å². The first-order chi connectivity index (χ1) is 9.83. The summed E-state index contributed by atoms with van der Waals surface area (Å²) in [5.74, 6) is 4.26. The number of benzene rings is 1. The zero-order valence-corrected chi connectivity index (χ0v) is 12.1. The van der Waals surface area contributed by atoms with Crippen molar-refractivity contribution in [3.05, 3.63) is 23.3 Å². The first-order valence-corrected chi connectivity index (χ1v) is 7.36. The van der Waals surface area contributed by atoms with Gasteiger partial charge in [-0.15, -0.1) is 0 Å². The number of aliphatic imine (C=N–C) groups is 1. The van der Waals surface area contributed by atoms with Gasteiger partial charge in [0.2, 0.25) is 0 Å². The minimum Gasteiger partial charge on any atom is -0.493 e. The highest BCUT2D eigenvalue weighted by Crippen LogP contribution is 2.48. The van der Waals surface area contributed by atoms with Gasteiger partial charge in [0.05, 0.1) is 20.8 Å². The molecule has 2 aliphatic heterocycles. The Morgan fingerprint density at radius 3 is 2.95 bits per heavy atom. The van der Waals surface area contributed by atoms with Crippen LogP contribution in [0.2, 0.25) is 0 Å². The molecule has 0 aromatic heterocycles. The summed E-state index contributed by atoms with van der Waals surface area (Å²) in [5, 5.41) is 0. The van der Waals surface area contributed by atoms with Crippen molar-refractivity contribution in [2.45, 2.75) is 18.8 Å². The van der Waals surface area contributed by atoms with Gasteiger partial charge in [0.25, 0.3) is 0 Å². The lowest BCUT2D eigenvalue weighted by atomic mass is 9.76. The van der Waals surface area contributed by atoms with Crippen molar-refractivity contribution in [2.75, 3.05) is 33.9 Å². The molecule has 4 heteroatoms. The van der Waals surface area contributed by atoms with E-state index in [1.54, 1.807) is 14.2 Å². The van der Waals surface area contributed by atoms with Crippen LogP contribution >= 0.6 is 0 Å². The average Bonchev–Trinajstić information content (AvgIpc) is 3.05. The quantitative estimate of drug-likeness (QED) is 0.826. The van der Waals surface area contributed by atoms with E-state index in [1.165, 1.54) is 29.9 Å². The van der Waals surface area contributed by atoms with Gasteiger partial charge in [-0.2, -0.15) is 0 Å². The van der Waals surface area contributed by atoms with Crippen LogP contribution in [-0.4, -0.2) is 44.6 Å². The van der Waals surface area contributed by atoms with Gasteiger partial charge in [-0.3, -0.25) is 4.99 Å². The van der Waals surface area contributed by atoms with E-state index >= 15 is 0 Å². The van der Waals surface area contributed by atoms with E-state index in [2.05, 4.69) is 11.0 Å². The normalized spacial score (nSPS) is 26.7. The lowest BCUT2D eigenvalue weighted by Crippen LogP contribution is -2.23. The summed E-state index contributed by atoms with van der Waals surface area (Å²) >= 11 is 0. The van der Waals surface area contributed by atoms with Crippen LogP contribution in [0, 0.1) is 5.92 Å². The topological polar surface area (TPSA) is 34.1 Å².